The smallest absolute Gasteiger partial charge is 0.209 e. The maximum Gasteiger partial charge on any atom is 0.209 e. The first-order valence-electron chi connectivity index (χ1n) is 8.93. The second kappa shape index (κ2) is 8.63. The summed E-state index contributed by atoms with van der Waals surface area (Å²) >= 11 is 1.69. The van der Waals surface area contributed by atoms with Crippen molar-refractivity contribution in [3.8, 4) is 0 Å². The first-order chi connectivity index (χ1) is 12.4. The van der Waals surface area contributed by atoms with E-state index >= 15 is 0 Å². The van der Waals surface area contributed by atoms with Crippen LogP contribution >= 0.6 is 11.3 Å². The van der Waals surface area contributed by atoms with Crippen molar-refractivity contribution in [3.05, 3.63) is 58.3 Å². The van der Waals surface area contributed by atoms with Crippen LogP contribution in [0.5, 0.6) is 0 Å². The molecule has 1 aliphatic rings. The Morgan fingerprint density at radius 1 is 1.08 bits per heavy atom. The summed E-state index contributed by atoms with van der Waals surface area (Å²) in [6.45, 7) is 6.78. The highest BCUT2D eigenvalue weighted by atomic mass is 32.2. The van der Waals surface area contributed by atoms with Gasteiger partial charge in [0.1, 0.15) is 0 Å². The van der Waals surface area contributed by atoms with Crippen molar-refractivity contribution in [2.24, 2.45) is 0 Å². The van der Waals surface area contributed by atoms with Gasteiger partial charge in [0.25, 0.3) is 0 Å². The summed E-state index contributed by atoms with van der Waals surface area (Å²) in [5.41, 5.74) is 1.34. The Labute approximate surface area is 160 Å². The molecule has 0 spiro atoms. The average molecular weight is 394 g/mol. The van der Waals surface area contributed by atoms with Crippen molar-refractivity contribution in [3.63, 3.8) is 0 Å². The van der Waals surface area contributed by atoms with Crippen molar-refractivity contribution < 1.29 is 8.42 Å². The summed E-state index contributed by atoms with van der Waals surface area (Å²) < 4.78 is 26.2. The van der Waals surface area contributed by atoms with Crippen LogP contribution in [0.15, 0.2) is 47.8 Å². The molecule has 0 amide bonds. The monoisotopic (exact) mass is 393 g/mol. The molecule has 5 nitrogen and oxygen atoms in total. The van der Waals surface area contributed by atoms with E-state index in [1.807, 2.05) is 19.1 Å². The molecular formula is C19H27N3O2S2. The fraction of sp³-hybridized carbons (Fsp3) is 0.474. The summed E-state index contributed by atoms with van der Waals surface area (Å²) in [5, 5.41) is 2.06. The zero-order valence-corrected chi connectivity index (χ0v) is 17.0. The Bertz CT molecular complexity index is 770. The third-order valence-electron chi connectivity index (χ3n) is 4.76. The van der Waals surface area contributed by atoms with Gasteiger partial charge in [-0.25, -0.2) is 13.1 Å². The van der Waals surface area contributed by atoms with Crippen LogP contribution in [0.3, 0.4) is 0 Å². The summed E-state index contributed by atoms with van der Waals surface area (Å²) in [7, 11) is -3.23. The van der Waals surface area contributed by atoms with E-state index in [0.717, 1.165) is 32.7 Å². The quantitative estimate of drug-likeness (QED) is 0.785. The van der Waals surface area contributed by atoms with Crippen LogP contribution in [-0.4, -0.2) is 56.7 Å². The lowest BCUT2D eigenvalue weighted by atomic mass is 10.1. The molecule has 0 unspecified atom stereocenters. The molecule has 1 aromatic carbocycles. The van der Waals surface area contributed by atoms with Gasteiger partial charge in [0, 0.05) is 43.6 Å². The van der Waals surface area contributed by atoms with E-state index < -0.39 is 10.0 Å². The third-order valence-corrected chi connectivity index (χ3v) is 6.50. The van der Waals surface area contributed by atoms with Crippen LogP contribution in [-0.2, 0) is 16.6 Å². The van der Waals surface area contributed by atoms with E-state index in [4.69, 9.17) is 0 Å². The fourth-order valence-electron chi connectivity index (χ4n) is 3.65. The highest BCUT2D eigenvalue weighted by Crippen LogP contribution is 2.29. The van der Waals surface area contributed by atoms with Gasteiger partial charge in [-0.1, -0.05) is 36.4 Å². The van der Waals surface area contributed by atoms with E-state index in [1.165, 1.54) is 16.7 Å². The van der Waals surface area contributed by atoms with Crippen molar-refractivity contribution in [1.82, 2.24) is 14.5 Å². The van der Waals surface area contributed by atoms with Crippen LogP contribution in [0, 0.1) is 0 Å². The minimum Gasteiger partial charge on any atom is -0.297 e. The minimum absolute atomic E-state index is 0.0728. The molecule has 0 saturated carbocycles. The number of sulfonamides is 1. The maximum absolute atomic E-state index is 11.7. The fourth-order valence-corrected chi connectivity index (χ4v) is 5.41. The second-order valence-corrected chi connectivity index (χ2v) is 9.70. The van der Waals surface area contributed by atoms with E-state index in [2.05, 4.69) is 50.2 Å². The highest BCUT2D eigenvalue weighted by molar-refractivity contribution is 7.88. The lowest BCUT2D eigenvalue weighted by Crippen LogP contribution is -2.51. The lowest BCUT2D eigenvalue weighted by molar-refractivity contribution is 0.0819. The Balaban J connectivity index is 1.65. The molecule has 0 aliphatic carbocycles. The van der Waals surface area contributed by atoms with E-state index in [9.17, 15) is 8.42 Å². The summed E-state index contributed by atoms with van der Waals surface area (Å²) in [6.07, 6.45) is 1.23. The molecule has 1 saturated heterocycles. The molecular weight excluding hydrogens is 366 g/mol. The molecule has 26 heavy (non-hydrogen) atoms. The third kappa shape index (κ3) is 5.37. The Morgan fingerprint density at radius 2 is 1.77 bits per heavy atom. The van der Waals surface area contributed by atoms with E-state index in [1.54, 1.807) is 11.3 Å². The molecule has 3 rings (SSSR count). The predicted molar refractivity (Wildman–Crippen MR) is 108 cm³/mol. The molecule has 1 fully saturated rings. The van der Waals surface area contributed by atoms with Gasteiger partial charge in [-0.3, -0.25) is 9.80 Å². The van der Waals surface area contributed by atoms with Crippen LogP contribution in [0.25, 0.3) is 0 Å². The first kappa shape index (κ1) is 19.5. The van der Waals surface area contributed by atoms with Gasteiger partial charge in [0.05, 0.1) is 12.3 Å². The number of benzene rings is 1. The van der Waals surface area contributed by atoms with Gasteiger partial charge < -0.3 is 0 Å². The molecule has 1 N–H and O–H groups in total. The van der Waals surface area contributed by atoms with Gasteiger partial charge in [-0.05, 0) is 23.9 Å². The lowest BCUT2D eigenvalue weighted by Gasteiger charge is -2.41. The van der Waals surface area contributed by atoms with Gasteiger partial charge in [-0.15, -0.1) is 11.3 Å². The molecule has 1 aromatic heterocycles. The van der Waals surface area contributed by atoms with Crippen molar-refractivity contribution >= 4 is 21.4 Å². The Kier molecular flexibility index (Phi) is 6.47. The number of hydrogen-bond donors (Lipinski definition) is 1. The molecule has 2 heterocycles. The topological polar surface area (TPSA) is 52.7 Å². The molecule has 0 bridgehead atoms. The standard InChI is InChI=1S/C19H27N3O2S2/c1-16(20-26(2,23)24)19(18-9-6-14-25-18)22-12-10-21(11-13-22)15-17-7-4-3-5-8-17/h3-9,14,16,19-20H,10-13,15H2,1-2H3/t16-,19+/m0/s1. The zero-order valence-electron chi connectivity index (χ0n) is 15.3. The number of nitrogens with one attached hydrogen (secondary N) is 1. The van der Waals surface area contributed by atoms with Crippen LogP contribution < -0.4 is 4.72 Å². The SMILES string of the molecule is C[C@H](NS(C)(=O)=O)[C@H](c1cccs1)N1CCN(Cc2ccccc2)CC1. The molecule has 2 atom stereocenters. The predicted octanol–water partition coefficient (Wildman–Crippen LogP) is 2.54. The summed E-state index contributed by atoms with van der Waals surface area (Å²) in [6, 6.07) is 14.6. The van der Waals surface area contributed by atoms with Gasteiger partial charge in [-0.2, -0.15) is 0 Å². The number of piperazine rings is 1. The molecule has 2 aromatic rings. The molecule has 1 aliphatic heterocycles. The van der Waals surface area contributed by atoms with E-state index in [-0.39, 0.29) is 12.1 Å². The number of rotatable bonds is 7. The Hall–Kier alpha value is -1.25. The zero-order chi connectivity index (χ0) is 18.6. The molecule has 0 radical (unpaired) electrons. The van der Waals surface area contributed by atoms with Crippen LogP contribution in [0.1, 0.15) is 23.4 Å². The van der Waals surface area contributed by atoms with Crippen LogP contribution in [0.2, 0.25) is 0 Å². The van der Waals surface area contributed by atoms with Gasteiger partial charge in [0.15, 0.2) is 0 Å². The normalized spacial score (nSPS) is 19.3. The molecule has 142 valence electrons. The highest BCUT2D eigenvalue weighted by Gasteiger charge is 2.31. The number of nitrogens with zero attached hydrogens (tertiary/aromatic N) is 2. The molecule has 7 heteroatoms. The summed E-state index contributed by atoms with van der Waals surface area (Å²) in [4.78, 5) is 6.09. The Morgan fingerprint density at radius 3 is 2.35 bits per heavy atom. The number of hydrogen-bond acceptors (Lipinski definition) is 5. The van der Waals surface area contributed by atoms with Crippen molar-refractivity contribution in [1.29, 1.82) is 0 Å². The largest absolute Gasteiger partial charge is 0.297 e. The minimum atomic E-state index is -3.23. The van der Waals surface area contributed by atoms with Crippen LogP contribution in [0.4, 0.5) is 0 Å². The average Bonchev–Trinajstić information content (AvgIpc) is 3.10. The first-order valence-corrected chi connectivity index (χ1v) is 11.7. The van der Waals surface area contributed by atoms with Crippen molar-refractivity contribution in [2.45, 2.75) is 25.6 Å². The summed E-state index contributed by atoms with van der Waals surface area (Å²) in [5.74, 6) is 0. The van der Waals surface area contributed by atoms with Crippen molar-refractivity contribution in [2.75, 3.05) is 32.4 Å². The van der Waals surface area contributed by atoms with Gasteiger partial charge in [0.2, 0.25) is 10.0 Å². The van der Waals surface area contributed by atoms with E-state index in [0.29, 0.717) is 0 Å². The second-order valence-electron chi connectivity index (χ2n) is 6.94. The number of thiophene rings is 1. The maximum atomic E-state index is 11.7. The van der Waals surface area contributed by atoms with Gasteiger partial charge >= 0.3 is 0 Å².